The number of hydrogen-bond donors (Lipinski definition) is 2. The summed E-state index contributed by atoms with van der Waals surface area (Å²) in [7, 11) is -3.48. The van der Waals surface area contributed by atoms with E-state index in [4.69, 9.17) is 11.6 Å². The summed E-state index contributed by atoms with van der Waals surface area (Å²) < 4.78 is 27.3. The summed E-state index contributed by atoms with van der Waals surface area (Å²) in [4.78, 5) is 0.272. The highest BCUT2D eigenvalue weighted by atomic mass is 35.5. The number of rotatable bonds is 3. The molecule has 18 heavy (non-hydrogen) atoms. The maximum Gasteiger partial charge on any atom is 0.241 e. The second kappa shape index (κ2) is 5.57. The first-order chi connectivity index (χ1) is 8.50. The summed E-state index contributed by atoms with van der Waals surface area (Å²) in [6.45, 7) is 3.42. The third-order valence-electron chi connectivity index (χ3n) is 3.17. The highest BCUT2D eigenvalue weighted by Gasteiger charge is 2.23. The average molecular weight is 289 g/mol. The Morgan fingerprint density at radius 1 is 1.33 bits per heavy atom. The van der Waals surface area contributed by atoms with Crippen LogP contribution in [-0.4, -0.2) is 27.5 Å². The molecule has 1 aromatic carbocycles. The Kier molecular flexibility index (Phi) is 4.27. The quantitative estimate of drug-likeness (QED) is 0.890. The topological polar surface area (TPSA) is 58.2 Å². The van der Waals surface area contributed by atoms with Crippen LogP contribution in [0.25, 0.3) is 0 Å². The largest absolute Gasteiger partial charge is 0.317 e. The van der Waals surface area contributed by atoms with Gasteiger partial charge in [-0.3, -0.25) is 0 Å². The van der Waals surface area contributed by atoms with E-state index in [1.165, 1.54) is 0 Å². The first-order valence-electron chi connectivity index (χ1n) is 5.99. The molecule has 1 heterocycles. The van der Waals surface area contributed by atoms with E-state index in [0.29, 0.717) is 10.6 Å². The molecule has 0 atom stereocenters. The predicted molar refractivity (Wildman–Crippen MR) is 72.4 cm³/mol. The van der Waals surface area contributed by atoms with Crippen LogP contribution in [0.5, 0.6) is 0 Å². The summed E-state index contributed by atoms with van der Waals surface area (Å²) in [5.74, 6) is 0. The van der Waals surface area contributed by atoms with Crippen LogP contribution >= 0.6 is 11.6 Å². The molecule has 100 valence electrons. The van der Waals surface area contributed by atoms with Gasteiger partial charge in [-0.25, -0.2) is 13.1 Å². The summed E-state index contributed by atoms with van der Waals surface area (Å²) in [6, 6.07) is 4.95. The number of benzene rings is 1. The molecule has 2 N–H and O–H groups in total. The molecule has 0 unspecified atom stereocenters. The Labute approximate surface area is 113 Å². The minimum absolute atomic E-state index is 0.00892. The van der Waals surface area contributed by atoms with Gasteiger partial charge in [0, 0.05) is 11.1 Å². The fourth-order valence-corrected chi connectivity index (χ4v) is 3.90. The van der Waals surface area contributed by atoms with Gasteiger partial charge in [-0.1, -0.05) is 17.7 Å². The van der Waals surface area contributed by atoms with Crippen LogP contribution in [0.15, 0.2) is 23.1 Å². The molecule has 0 aliphatic carbocycles. The lowest BCUT2D eigenvalue weighted by atomic mass is 10.1. The first-order valence-corrected chi connectivity index (χ1v) is 7.85. The minimum atomic E-state index is -3.48. The summed E-state index contributed by atoms with van der Waals surface area (Å²) >= 11 is 5.96. The number of hydrogen-bond acceptors (Lipinski definition) is 3. The first kappa shape index (κ1) is 13.8. The molecule has 1 aliphatic rings. The van der Waals surface area contributed by atoms with E-state index in [1.54, 1.807) is 25.1 Å². The number of sulfonamides is 1. The average Bonchev–Trinajstić information content (AvgIpc) is 2.33. The highest BCUT2D eigenvalue weighted by molar-refractivity contribution is 7.89. The lowest BCUT2D eigenvalue weighted by Crippen LogP contribution is -2.42. The van der Waals surface area contributed by atoms with Crippen LogP contribution in [0.1, 0.15) is 18.4 Å². The van der Waals surface area contributed by atoms with Crippen molar-refractivity contribution in [3.8, 4) is 0 Å². The lowest BCUT2D eigenvalue weighted by molar-refractivity contribution is 0.427. The third-order valence-corrected chi connectivity index (χ3v) is 5.24. The molecular formula is C12H17ClN2O2S. The van der Waals surface area contributed by atoms with Gasteiger partial charge in [0.15, 0.2) is 0 Å². The van der Waals surface area contributed by atoms with Gasteiger partial charge in [-0.2, -0.15) is 0 Å². The van der Waals surface area contributed by atoms with Crippen molar-refractivity contribution in [1.29, 1.82) is 0 Å². The fourth-order valence-electron chi connectivity index (χ4n) is 2.10. The van der Waals surface area contributed by atoms with Gasteiger partial charge in [-0.05, 0) is 50.6 Å². The normalized spacial score (nSPS) is 17.9. The zero-order valence-electron chi connectivity index (χ0n) is 10.2. The van der Waals surface area contributed by atoms with Gasteiger partial charge in [0.05, 0.1) is 4.90 Å². The molecule has 0 radical (unpaired) electrons. The number of piperidine rings is 1. The van der Waals surface area contributed by atoms with Gasteiger partial charge in [0.25, 0.3) is 0 Å². The molecule has 6 heteroatoms. The zero-order chi connectivity index (χ0) is 13.2. The Morgan fingerprint density at radius 2 is 2.00 bits per heavy atom. The lowest BCUT2D eigenvalue weighted by Gasteiger charge is -2.24. The molecule has 0 aromatic heterocycles. The van der Waals surface area contributed by atoms with E-state index < -0.39 is 10.0 Å². The standard InChI is InChI=1S/C12H17ClN2O2S/c1-9-11(13)3-2-4-12(9)18(16,17)15-10-5-7-14-8-6-10/h2-4,10,14-15H,5-8H2,1H3. The van der Waals surface area contributed by atoms with E-state index in [9.17, 15) is 8.42 Å². The van der Waals surface area contributed by atoms with Crippen molar-refractivity contribution in [2.24, 2.45) is 0 Å². The van der Waals surface area contributed by atoms with Gasteiger partial charge in [-0.15, -0.1) is 0 Å². The van der Waals surface area contributed by atoms with Crippen molar-refractivity contribution in [3.05, 3.63) is 28.8 Å². The molecule has 1 aromatic rings. The van der Waals surface area contributed by atoms with Crippen molar-refractivity contribution in [1.82, 2.24) is 10.0 Å². The number of nitrogens with one attached hydrogen (secondary N) is 2. The Bertz CT molecular complexity index is 525. The molecule has 1 saturated heterocycles. The molecular weight excluding hydrogens is 272 g/mol. The monoisotopic (exact) mass is 288 g/mol. The van der Waals surface area contributed by atoms with Crippen LogP contribution in [-0.2, 0) is 10.0 Å². The van der Waals surface area contributed by atoms with Crippen molar-refractivity contribution in [2.75, 3.05) is 13.1 Å². The molecule has 2 rings (SSSR count). The van der Waals surface area contributed by atoms with Crippen molar-refractivity contribution in [3.63, 3.8) is 0 Å². The van der Waals surface area contributed by atoms with E-state index in [2.05, 4.69) is 10.0 Å². The summed E-state index contributed by atoms with van der Waals surface area (Å²) in [5.41, 5.74) is 0.598. The van der Waals surface area contributed by atoms with Crippen molar-refractivity contribution < 1.29 is 8.42 Å². The van der Waals surface area contributed by atoms with Crippen molar-refractivity contribution in [2.45, 2.75) is 30.7 Å². The number of halogens is 1. The van der Waals surface area contributed by atoms with E-state index in [1.807, 2.05) is 0 Å². The molecule has 0 saturated carbocycles. The zero-order valence-corrected chi connectivity index (χ0v) is 11.8. The van der Waals surface area contributed by atoms with Gasteiger partial charge >= 0.3 is 0 Å². The smallest absolute Gasteiger partial charge is 0.241 e. The van der Waals surface area contributed by atoms with E-state index >= 15 is 0 Å². The maximum atomic E-state index is 12.3. The van der Waals surface area contributed by atoms with Crippen LogP contribution in [0.2, 0.25) is 5.02 Å². The Balaban J connectivity index is 2.22. The van der Waals surface area contributed by atoms with Gasteiger partial charge in [0.2, 0.25) is 10.0 Å². The Morgan fingerprint density at radius 3 is 2.67 bits per heavy atom. The molecule has 4 nitrogen and oxygen atoms in total. The second-order valence-corrected chi connectivity index (χ2v) is 6.60. The maximum absolute atomic E-state index is 12.3. The van der Waals surface area contributed by atoms with Crippen LogP contribution in [0.4, 0.5) is 0 Å². The van der Waals surface area contributed by atoms with Crippen molar-refractivity contribution >= 4 is 21.6 Å². The summed E-state index contributed by atoms with van der Waals surface area (Å²) in [6.07, 6.45) is 1.64. The van der Waals surface area contributed by atoms with Gasteiger partial charge in [0.1, 0.15) is 0 Å². The van der Waals surface area contributed by atoms with Crippen LogP contribution in [0, 0.1) is 6.92 Å². The van der Waals surface area contributed by atoms with Crippen LogP contribution in [0.3, 0.4) is 0 Å². The van der Waals surface area contributed by atoms with E-state index in [-0.39, 0.29) is 10.9 Å². The Hall–Kier alpha value is -0.620. The fraction of sp³-hybridized carbons (Fsp3) is 0.500. The summed E-state index contributed by atoms with van der Waals surface area (Å²) in [5, 5.41) is 3.68. The minimum Gasteiger partial charge on any atom is -0.317 e. The van der Waals surface area contributed by atoms with Crippen LogP contribution < -0.4 is 10.0 Å². The molecule has 0 amide bonds. The van der Waals surface area contributed by atoms with E-state index in [0.717, 1.165) is 25.9 Å². The molecule has 1 fully saturated rings. The third kappa shape index (κ3) is 3.03. The molecule has 0 bridgehead atoms. The van der Waals surface area contributed by atoms with Gasteiger partial charge < -0.3 is 5.32 Å². The molecule has 0 spiro atoms. The molecule has 1 aliphatic heterocycles. The highest BCUT2D eigenvalue weighted by Crippen LogP contribution is 2.23. The SMILES string of the molecule is Cc1c(Cl)cccc1S(=O)(=O)NC1CCNCC1. The predicted octanol–water partition coefficient (Wildman–Crippen LogP) is 1.68. The second-order valence-electron chi connectivity index (χ2n) is 4.51.